The van der Waals surface area contributed by atoms with Crippen LogP contribution in [0.2, 0.25) is 0 Å². The molecule has 1 unspecified atom stereocenters. The van der Waals surface area contributed by atoms with E-state index in [1.54, 1.807) is 6.07 Å². The van der Waals surface area contributed by atoms with Gasteiger partial charge in [0, 0.05) is 12.7 Å². The van der Waals surface area contributed by atoms with E-state index >= 15 is 0 Å². The van der Waals surface area contributed by atoms with Gasteiger partial charge in [0.25, 0.3) is 13.7 Å². The van der Waals surface area contributed by atoms with Crippen molar-refractivity contribution in [2.45, 2.75) is 103 Å². The second-order valence-corrected chi connectivity index (χ2v) is 12.2. The Morgan fingerprint density at radius 3 is 1.95 bits per heavy atom. The highest BCUT2D eigenvalue weighted by molar-refractivity contribution is 7.45. The fourth-order valence-electron chi connectivity index (χ4n) is 3.80. The SMILES string of the molecule is CCCCCCCCCCCCCCCCOC[C@H](COP(=O)([O-])OCC[N+](C)(C)C)Oc1ccon1. The maximum absolute atomic E-state index is 12.1. The van der Waals surface area contributed by atoms with Crippen LogP contribution in [-0.2, 0) is 18.3 Å². The number of hydrogen-bond acceptors (Lipinski definition) is 8. The Morgan fingerprint density at radius 1 is 0.865 bits per heavy atom. The van der Waals surface area contributed by atoms with Crippen LogP contribution in [0.25, 0.3) is 0 Å². The summed E-state index contributed by atoms with van der Waals surface area (Å²) in [6.45, 7) is 3.40. The summed E-state index contributed by atoms with van der Waals surface area (Å²) >= 11 is 0. The molecule has 0 saturated heterocycles. The van der Waals surface area contributed by atoms with Gasteiger partial charge in [0.1, 0.15) is 25.5 Å². The van der Waals surface area contributed by atoms with Crippen LogP contribution in [-0.4, -0.2) is 69.9 Å². The van der Waals surface area contributed by atoms with Crippen molar-refractivity contribution in [3.63, 3.8) is 0 Å². The van der Waals surface area contributed by atoms with Crippen molar-refractivity contribution in [2.75, 3.05) is 54.1 Å². The number of nitrogens with zero attached hydrogens (tertiary/aromatic N) is 2. The summed E-state index contributed by atoms with van der Waals surface area (Å²) in [7, 11) is 1.43. The van der Waals surface area contributed by atoms with Gasteiger partial charge in [0.15, 0.2) is 0 Å². The highest BCUT2D eigenvalue weighted by atomic mass is 31.2. The Morgan fingerprint density at radius 2 is 1.43 bits per heavy atom. The van der Waals surface area contributed by atoms with E-state index in [2.05, 4.69) is 12.1 Å². The molecule has 0 radical (unpaired) electrons. The van der Waals surface area contributed by atoms with E-state index in [0.29, 0.717) is 17.6 Å². The van der Waals surface area contributed by atoms with Gasteiger partial charge < -0.3 is 32.4 Å². The summed E-state index contributed by atoms with van der Waals surface area (Å²) in [5, 5.41) is 3.71. The third-order valence-corrected chi connectivity index (χ3v) is 7.04. The molecular weight excluding hydrogens is 495 g/mol. The van der Waals surface area contributed by atoms with Crippen molar-refractivity contribution in [2.24, 2.45) is 0 Å². The van der Waals surface area contributed by atoms with Gasteiger partial charge in [0.05, 0.1) is 34.4 Å². The standard InChI is InChI=1S/C27H53N2O7P/c1-5-6-7-8-9-10-11-12-13-14-15-16-17-18-21-32-24-26(36-27-19-22-33-28-27)25-35-37(30,31)34-23-20-29(2,3)4/h19,22,26H,5-18,20-21,23-25H2,1-4H3/t26-/m1/s1. The summed E-state index contributed by atoms with van der Waals surface area (Å²) < 4.78 is 38.9. The van der Waals surface area contributed by atoms with Gasteiger partial charge in [-0.2, -0.15) is 0 Å². The molecule has 0 aliphatic rings. The summed E-state index contributed by atoms with van der Waals surface area (Å²) in [6.07, 6.45) is 19.0. The molecule has 10 heteroatoms. The number of phosphoric ester groups is 1. The number of phosphoric acid groups is 1. The zero-order chi connectivity index (χ0) is 27.2. The smallest absolute Gasteiger partial charge is 0.268 e. The largest absolute Gasteiger partial charge is 0.756 e. The highest BCUT2D eigenvalue weighted by Crippen LogP contribution is 2.38. The highest BCUT2D eigenvalue weighted by Gasteiger charge is 2.19. The van der Waals surface area contributed by atoms with Gasteiger partial charge in [-0.15, -0.1) is 0 Å². The van der Waals surface area contributed by atoms with Crippen LogP contribution in [0.1, 0.15) is 96.8 Å². The van der Waals surface area contributed by atoms with E-state index in [4.69, 9.17) is 23.0 Å². The summed E-state index contributed by atoms with van der Waals surface area (Å²) in [5.74, 6) is 0.250. The monoisotopic (exact) mass is 548 g/mol. The number of rotatable bonds is 26. The minimum absolute atomic E-state index is 0.0503. The summed E-state index contributed by atoms with van der Waals surface area (Å²) in [4.78, 5) is 12.1. The minimum Gasteiger partial charge on any atom is -0.756 e. The molecule has 0 fully saturated rings. The van der Waals surface area contributed by atoms with Crippen LogP contribution >= 0.6 is 7.82 Å². The molecule has 0 aromatic carbocycles. The second-order valence-electron chi connectivity index (χ2n) is 10.8. The fourth-order valence-corrected chi connectivity index (χ4v) is 4.53. The summed E-state index contributed by atoms with van der Waals surface area (Å²) in [6, 6.07) is 1.55. The Labute approximate surface area is 225 Å². The molecule has 0 N–H and O–H groups in total. The van der Waals surface area contributed by atoms with E-state index in [1.807, 2.05) is 21.1 Å². The van der Waals surface area contributed by atoms with E-state index in [-0.39, 0.29) is 25.7 Å². The van der Waals surface area contributed by atoms with Gasteiger partial charge in [-0.05, 0) is 11.6 Å². The topological polar surface area (TPSA) is 103 Å². The molecule has 0 bridgehead atoms. The third kappa shape index (κ3) is 21.6. The van der Waals surface area contributed by atoms with Crippen molar-refractivity contribution in [3.05, 3.63) is 12.3 Å². The van der Waals surface area contributed by atoms with Gasteiger partial charge in [-0.25, -0.2) is 0 Å². The Hall–Kier alpha value is -0.960. The molecule has 1 aromatic heterocycles. The second kappa shape index (κ2) is 20.9. The molecule has 9 nitrogen and oxygen atoms in total. The Bertz CT molecular complexity index is 683. The van der Waals surface area contributed by atoms with Crippen molar-refractivity contribution >= 4 is 7.82 Å². The Balaban J connectivity index is 2.12. The minimum atomic E-state index is -4.44. The molecule has 0 aliphatic carbocycles. The maximum atomic E-state index is 12.1. The first-order valence-corrected chi connectivity index (χ1v) is 15.7. The van der Waals surface area contributed by atoms with Gasteiger partial charge in [-0.1, -0.05) is 90.4 Å². The van der Waals surface area contributed by atoms with Crippen LogP contribution in [0.4, 0.5) is 0 Å². The number of aromatic nitrogens is 1. The number of unbranched alkanes of at least 4 members (excludes halogenated alkanes) is 13. The zero-order valence-corrected chi connectivity index (χ0v) is 24.8. The average molecular weight is 549 g/mol. The molecule has 2 atom stereocenters. The molecular formula is C27H53N2O7P. The molecule has 1 heterocycles. The quantitative estimate of drug-likeness (QED) is 0.0774. The normalized spacial score (nSPS) is 14.5. The predicted octanol–water partition coefficient (Wildman–Crippen LogP) is 6.13. The van der Waals surface area contributed by atoms with Crippen LogP contribution in [0.5, 0.6) is 5.88 Å². The first kappa shape index (κ1) is 34.1. The van der Waals surface area contributed by atoms with E-state index in [0.717, 1.165) is 12.8 Å². The Kier molecular flexibility index (Phi) is 19.3. The van der Waals surface area contributed by atoms with Gasteiger partial charge >= 0.3 is 0 Å². The van der Waals surface area contributed by atoms with Gasteiger partial charge in [-0.3, -0.25) is 4.57 Å². The molecule has 1 aromatic rings. The zero-order valence-electron chi connectivity index (χ0n) is 23.9. The molecule has 218 valence electrons. The van der Waals surface area contributed by atoms with Crippen LogP contribution in [0.15, 0.2) is 16.9 Å². The predicted molar refractivity (Wildman–Crippen MR) is 144 cm³/mol. The third-order valence-electron chi connectivity index (χ3n) is 6.08. The molecule has 0 amide bonds. The van der Waals surface area contributed by atoms with Gasteiger partial charge in [0.2, 0.25) is 0 Å². The van der Waals surface area contributed by atoms with E-state index in [9.17, 15) is 9.46 Å². The van der Waals surface area contributed by atoms with Crippen molar-refractivity contribution < 1.29 is 37.0 Å². The maximum Gasteiger partial charge on any atom is 0.268 e. The number of ether oxygens (including phenoxy) is 2. The van der Waals surface area contributed by atoms with Crippen LogP contribution < -0.4 is 9.63 Å². The first-order valence-electron chi connectivity index (χ1n) is 14.3. The van der Waals surface area contributed by atoms with Crippen molar-refractivity contribution in [1.29, 1.82) is 0 Å². The molecule has 37 heavy (non-hydrogen) atoms. The molecule has 0 saturated carbocycles. The van der Waals surface area contributed by atoms with Crippen LogP contribution in [0.3, 0.4) is 0 Å². The van der Waals surface area contributed by atoms with Crippen molar-refractivity contribution in [3.8, 4) is 5.88 Å². The molecule has 0 aliphatic heterocycles. The summed E-state index contributed by atoms with van der Waals surface area (Å²) in [5.41, 5.74) is 0. The first-order chi connectivity index (χ1) is 17.7. The molecule has 1 rings (SSSR count). The average Bonchev–Trinajstić information content (AvgIpc) is 3.34. The van der Waals surface area contributed by atoms with Crippen LogP contribution in [0, 0.1) is 0 Å². The fraction of sp³-hybridized carbons (Fsp3) is 0.889. The molecule has 0 spiro atoms. The lowest BCUT2D eigenvalue weighted by molar-refractivity contribution is -0.870. The van der Waals surface area contributed by atoms with E-state index < -0.39 is 13.9 Å². The van der Waals surface area contributed by atoms with Crippen molar-refractivity contribution in [1.82, 2.24) is 5.16 Å². The number of hydrogen-bond donors (Lipinski definition) is 0. The van der Waals surface area contributed by atoms with E-state index in [1.165, 1.54) is 83.3 Å². The lowest BCUT2D eigenvalue weighted by Gasteiger charge is -2.28. The lowest BCUT2D eigenvalue weighted by Crippen LogP contribution is -2.37. The number of likely N-dealkylation sites (N-methyl/N-ethyl adjacent to an activating group) is 1. The number of quaternary nitrogens is 1. The lowest BCUT2D eigenvalue weighted by atomic mass is 10.0.